The Balaban J connectivity index is 2.67. The summed E-state index contributed by atoms with van der Waals surface area (Å²) in [5.41, 5.74) is 2.22. The van der Waals surface area contributed by atoms with Crippen molar-refractivity contribution in [3.63, 3.8) is 0 Å². The number of hydrogen-bond acceptors (Lipinski definition) is 3. The second-order valence-corrected chi connectivity index (χ2v) is 7.51. The molecule has 1 fully saturated rings. The minimum atomic E-state index is -0.468. The second kappa shape index (κ2) is 9.07. The van der Waals surface area contributed by atoms with Gasteiger partial charge in [-0.05, 0) is 18.3 Å². The first-order chi connectivity index (χ1) is 11.2. The van der Waals surface area contributed by atoms with E-state index in [4.69, 9.17) is 16.3 Å². The minimum absolute atomic E-state index is 0.00819. The van der Waals surface area contributed by atoms with Crippen LogP contribution in [0.15, 0.2) is 35.9 Å². The van der Waals surface area contributed by atoms with Crippen LogP contribution >= 0.6 is 11.6 Å². The maximum absolute atomic E-state index is 12.5. The van der Waals surface area contributed by atoms with E-state index in [-0.39, 0.29) is 23.4 Å². The molecule has 1 aliphatic heterocycles. The minimum Gasteiger partial charge on any atom is -0.460 e. The maximum atomic E-state index is 12.5. The van der Waals surface area contributed by atoms with Crippen LogP contribution in [0.5, 0.6) is 0 Å². The van der Waals surface area contributed by atoms with Crippen LogP contribution in [0.4, 0.5) is 0 Å². The number of likely N-dealkylation sites (N-methyl/N-ethyl adjacent to an activating group) is 1. The predicted octanol–water partition coefficient (Wildman–Crippen LogP) is 4.21. The largest absolute Gasteiger partial charge is 0.460 e. The first kappa shape index (κ1) is 20.5. The Bertz CT molecular complexity index is 531. The SMILES string of the molecule is C=C(C/C=C/C=C/Cl)C[C@@H](OC(=O)[C@@H]1CCC(=O)N1C)C(C)(C)C. The van der Waals surface area contributed by atoms with Crippen molar-refractivity contribution in [1.29, 1.82) is 0 Å². The van der Waals surface area contributed by atoms with E-state index >= 15 is 0 Å². The van der Waals surface area contributed by atoms with Gasteiger partial charge in [0.15, 0.2) is 0 Å². The van der Waals surface area contributed by atoms with Gasteiger partial charge in [-0.2, -0.15) is 0 Å². The average molecular weight is 354 g/mol. The lowest BCUT2D eigenvalue weighted by Crippen LogP contribution is -2.41. The van der Waals surface area contributed by atoms with Crippen LogP contribution in [0.1, 0.15) is 46.5 Å². The highest BCUT2D eigenvalue weighted by atomic mass is 35.5. The second-order valence-electron chi connectivity index (χ2n) is 7.26. The molecule has 1 amide bonds. The Kier molecular flexibility index (Phi) is 7.74. The summed E-state index contributed by atoms with van der Waals surface area (Å²) >= 11 is 5.46. The van der Waals surface area contributed by atoms with Crippen LogP contribution in [0.3, 0.4) is 0 Å². The summed E-state index contributed by atoms with van der Waals surface area (Å²) in [5, 5.41) is 0. The van der Waals surface area contributed by atoms with Gasteiger partial charge in [-0.3, -0.25) is 4.79 Å². The van der Waals surface area contributed by atoms with Crippen LogP contribution in [-0.4, -0.2) is 36.0 Å². The van der Waals surface area contributed by atoms with E-state index in [2.05, 4.69) is 6.58 Å². The Morgan fingerprint density at radius 3 is 2.62 bits per heavy atom. The van der Waals surface area contributed by atoms with Crippen LogP contribution < -0.4 is 0 Å². The summed E-state index contributed by atoms with van der Waals surface area (Å²) in [4.78, 5) is 25.5. The molecule has 0 bridgehead atoms. The molecule has 0 saturated carbocycles. The molecular formula is C19H28ClNO3. The van der Waals surface area contributed by atoms with Crippen molar-refractivity contribution in [3.8, 4) is 0 Å². The number of nitrogens with zero attached hydrogens (tertiary/aromatic N) is 1. The normalized spacial score (nSPS) is 20.1. The zero-order chi connectivity index (χ0) is 18.3. The Morgan fingerprint density at radius 1 is 1.46 bits per heavy atom. The molecule has 134 valence electrons. The molecule has 2 atom stereocenters. The highest BCUT2D eigenvalue weighted by Gasteiger charge is 2.37. The molecule has 1 heterocycles. The molecule has 0 radical (unpaired) electrons. The van der Waals surface area contributed by atoms with E-state index < -0.39 is 6.04 Å². The lowest BCUT2D eigenvalue weighted by Gasteiger charge is -2.32. The van der Waals surface area contributed by atoms with Crippen molar-refractivity contribution in [1.82, 2.24) is 4.90 Å². The van der Waals surface area contributed by atoms with Gasteiger partial charge in [-0.15, -0.1) is 0 Å². The molecule has 0 spiro atoms. The smallest absolute Gasteiger partial charge is 0.329 e. The number of allylic oxidation sites excluding steroid dienone is 3. The Morgan fingerprint density at radius 2 is 2.12 bits per heavy atom. The molecule has 5 heteroatoms. The van der Waals surface area contributed by atoms with Crippen LogP contribution in [0, 0.1) is 5.41 Å². The van der Waals surface area contributed by atoms with E-state index in [1.165, 1.54) is 10.4 Å². The summed E-state index contributed by atoms with van der Waals surface area (Å²) in [7, 11) is 1.65. The quantitative estimate of drug-likeness (QED) is 0.391. The molecule has 1 rings (SSSR count). The van der Waals surface area contributed by atoms with Crippen molar-refractivity contribution in [2.45, 2.75) is 58.6 Å². The molecule has 0 unspecified atom stereocenters. The molecule has 0 aromatic carbocycles. The summed E-state index contributed by atoms with van der Waals surface area (Å²) in [6, 6.07) is -0.468. The summed E-state index contributed by atoms with van der Waals surface area (Å²) in [6.07, 6.45) is 7.51. The summed E-state index contributed by atoms with van der Waals surface area (Å²) in [5.74, 6) is -0.331. The standard InChI is InChI=1S/C19H28ClNO3/c1-14(9-7-6-8-12-20)13-16(19(2,3)4)24-18(23)15-10-11-17(22)21(15)5/h6-8,12,15-16H,1,9-11,13H2,2-5H3/b7-6+,12-8+/t15-,16+/m0/s1. The Hall–Kier alpha value is -1.55. The molecule has 24 heavy (non-hydrogen) atoms. The number of likely N-dealkylation sites (tertiary alicyclic amines) is 1. The van der Waals surface area contributed by atoms with Crippen molar-refractivity contribution < 1.29 is 14.3 Å². The van der Waals surface area contributed by atoms with Crippen LogP contribution in [0.2, 0.25) is 0 Å². The van der Waals surface area contributed by atoms with Gasteiger partial charge in [0.2, 0.25) is 5.91 Å². The van der Waals surface area contributed by atoms with E-state index in [0.29, 0.717) is 25.7 Å². The van der Waals surface area contributed by atoms with E-state index in [0.717, 1.165) is 5.57 Å². The van der Waals surface area contributed by atoms with Gasteiger partial charge in [0, 0.05) is 25.4 Å². The first-order valence-electron chi connectivity index (χ1n) is 8.21. The molecular weight excluding hydrogens is 326 g/mol. The number of carbonyl (C=O) groups excluding carboxylic acids is 2. The maximum Gasteiger partial charge on any atom is 0.329 e. The first-order valence-corrected chi connectivity index (χ1v) is 8.65. The highest BCUT2D eigenvalue weighted by molar-refractivity contribution is 6.25. The number of ether oxygens (including phenoxy) is 1. The average Bonchev–Trinajstić information content (AvgIpc) is 2.82. The number of esters is 1. The number of halogens is 1. The summed E-state index contributed by atoms with van der Waals surface area (Å²) in [6.45, 7) is 10.2. The van der Waals surface area contributed by atoms with Gasteiger partial charge in [0.05, 0.1) is 0 Å². The van der Waals surface area contributed by atoms with Crippen LogP contribution in [0.25, 0.3) is 0 Å². The zero-order valence-corrected chi connectivity index (χ0v) is 15.8. The van der Waals surface area contributed by atoms with Gasteiger partial charge >= 0.3 is 5.97 Å². The molecule has 1 saturated heterocycles. The van der Waals surface area contributed by atoms with Crippen molar-refractivity contribution in [2.24, 2.45) is 5.41 Å². The third-order valence-electron chi connectivity index (χ3n) is 4.19. The van der Waals surface area contributed by atoms with E-state index in [1.54, 1.807) is 13.1 Å². The van der Waals surface area contributed by atoms with Crippen molar-refractivity contribution in [2.75, 3.05) is 7.05 Å². The lowest BCUT2D eigenvalue weighted by molar-refractivity contribution is -0.161. The fourth-order valence-corrected chi connectivity index (χ4v) is 2.61. The van der Waals surface area contributed by atoms with Gasteiger partial charge in [0.25, 0.3) is 0 Å². The van der Waals surface area contributed by atoms with Gasteiger partial charge in [-0.25, -0.2) is 4.79 Å². The van der Waals surface area contributed by atoms with Crippen molar-refractivity contribution in [3.05, 3.63) is 35.9 Å². The Labute approximate surface area is 150 Å². The van der Waals surface area contributed by atoms with Gasteiger partial charge < -0.3 is 9.64 Å². The third kappa shape index (κ3) is 6.16. The zero-order valence-electron chi connectivity index (χ0n) is 15.0. The number of hydrogen-bond donors (Lipinski definition) is 0. The molecule has 4 nitrogen and oxygen atoms in total. The topological polar surface area (TPSA) is 46.6 Å². The molecule has 0 N–H and O–H groups in total. The fraction of sp³-hybridized carbons (Fsp3) is 0.579. The molecule has 0 aliphatic carbocycles. The number of rotatable bonds is 7. The van der Waals surface area contributed by atoms with Crippen LogP contribution in [-0.2, 0) is 14.3 Å². The van der Waals surface area contributed by atoms with Gasteiger partial charge in [0.1, 0.15) is 12.1 Å². The fourth-order valence-electron chi connectivity index (χ4n) is 2.52. The molecule has 1 aliphatic rings. The predicted molar refractivity (Wildman–Crippen MR) is 97.6 cm³/mol. The highest BCUT2D eigenvalue weighted by Crippen LogP contribution is 2.30. The van der Waals surface area contributed by atoms with E-state index in [9.17, 15) is 9.59 Å². The van der Waals surface area contributed by atoms with Crippen molar-refractivity contribution >= 4 is 23.5 Å². The monoisotopic (exact) mass is 353 g/mol. The lowest BCUT2D eigenvalue weighted by atomic mass is 9.84. The summed E-state index contributed by atoms with van der Waals surface area (Å²) < 4.78 is 5.76. The van der Waals surface area contributed by atoms with E-state index in [1.807, 2.05) is 32.9 Å². The third-order valence-corrected chi connectivity index (χ3v) is 4.33. The van der Waals surface area contributed by atoms with Gasteiger partial charge in [-0.1, -0.05) is 62.8 Å². The molecule has 0 aromatic rings. The molecule has 0 aromatic heterocycles. The number of carbonyl (C=O) groups is 2. The number of amides is 1.